The van der Waals surface area contributed by atoms with E-state index in [0.717, 1.165) is 42.6 Å². The van der Waals surface area contributed by atoms with Crippen molar-refractivity contribution in [3.05, 3.63) is 77.9 Å². The number of rotatable bonds is 5. The summed E-state index contributed by atoms with van der Waals surface area (Å²) < 4.78 is 5.43. The van der Waals surface area contributed by atoms with E-state index in [4.69, 9.17) is 4.74 Å². The van der Waals surface area contributed by atoms with Crippen molar-refractivity contribution in [2.24, 2.45) is 0 Å². The van der Waals surface area contributed by atoms with Gasteiger partial charge in [-0.2, -0.15) is 0 Å². The van der Waals surface area contributed by atoms with Crippen molar-refractivity contribution in [1.29, 1.82) is 0 Å². The molecular weight excluding hydrogens is 336 g/mol. The van der Waals surface area contributed by atoms with Gasteiger partial charge in [-0.15, -0.1) is 0 Å². The first-order valence-electron chi connectivity index (χ1n) is 9.37. The Morgan fingerprint density at radius 2 is 1.78 bits per heavy atom. The summed E-state index contributed by atoms with van der Waals surface area (Å²) >= 11 is 0. The van der Waals surface area contributed by atoms with Crippen LogP contribution >= 0.6 is 0 Å². The average Bonchev–Trinajstić information content (AvgIpc) is 3.14. The SMILES string of the molecule is COc1ccc(C(=O)N[C@H]2CCN(Cc3ccccc3)C2)c2ccccc12. The zero-order valence-corrected chi connectivity index (χ0v) is 15.5. The van der Waals surface area contributed by atoms with Crippen molar-refractivity contribution in [1.82, 2.24) is 10.2 Å². The highest BCUT2D eigenvalue weighted by molar-refractivity contribution is 6.08. The predicted octanol–water partition coefficient (Wildman–Crippen LogP) is 3.85. The van der Waals surface area contributed by atoms with Crippen LogP contribution in [0.2, 0.25) is 0 Å². The van der Waals surface area contributed by atoms with E-state index in [-0.39, 0.29) is 11.9 Å². The summed E-state index contributed by atoms with van der Waals surface area (Å²) in [6.45, 7) is 2.82. The number of fused-ring (bicyclic) bond motifs is 1. The van der Waals surface area contributed by atoms with Crippen molar-refractivity contribution >= 4 is 16.7 Å². The average molecular weight is 360 g/mol. The molecule has 0 unspecified atom stereocenters. The normalized spacial score (nSPS) is 17.1. The lowest BCUT2D eigenvalue weighted by atomic mass is 10.0. The molecule has 138 valence electrons. The van der Waals surface area contributed by atoms with Gasteiger partial charge in [0.05, 0.1) is 7.11 Å². The highest BCUT2D eigenvalue weighted by Gasteiger charge is 2.25. The van der Waals surface area contributed by atoms with Crippen LogP contribution in [0, 0.1) is 0 Å². The van der Waals surface area contributed by atoms with Gasteiger partial charge in [0.2, 0.25) is 0 Å². The molecule has 0 saturated carbocycles. The second kappa shape index (κ2) is 7.80. The highest BCUT2D eigenvalue weighted by Crippen LogP contribution is 2.28. The number of carbonyl (C=O) groups is 1. The van der Waals surface area contributed by atoms with Crippen molar-refractivity contribution in [3.63, 3.8) is 0 Å². The third-order valence-corrected chi connectivity index (χ3v) is 5.21. The second-order valence-electron chi connectivity index (χ2n) is 7.04. The zero-order valence-electron chi connectivity index (χ0n) is 15.5. The number of likely N-dealkylation sites (tertiary alicyclic amines) is 1. The molecule has 4 heteroatoms. The fourth-order valence-electron chi connectivity index (χ4n) is 3.85. The minimum atomic E-state index is -0.0135. The van der Waals surface area contributed by atoms with Crippen molar-refractivity contribution in [3.8, 4) is 5.75 Å². The zero-order chi connectivity index (χ0) is 18.6. The van der Waals surface area contributed by atoms with Crippen molar-refractivity contribution in [2.45, 2.75) is 19.0 Å². The highest BCUT2D eigenvalue weighted by atomic mass is 16.5. The first-order valence-corrected chi connectivity index (χ1v) is 9.37. The fourth-order valence-corrected chi connectivity index (χ4v) is 3.85. The maximum atomic E-state index is 12.9. The van der Waals surface area contributed by atoms with Gasteiger partial charge >= 0.3 is 0 Å². The molecule has 3 aromatic carbocycles. The van der Waals surface area contributed by atoms with Gasteiger partial charge in [0, 0.05) is 36.6 Å². The second-order valence-corrected chi connectivity index (χ2v) is 7.04. The molecule has 0 aromatic heterocycles. The van der Waals surface area contributed by atoms with Crippen LogP contribution < -0.4 is 10.1 Å². The standard InChI is InChI=1S/C23H24N2O2/c1-27-22-12-11-21(19-9-5-6-10-20(19)22)23(26)24-18-13-14-25(16-18)15-17-7-3-2-4-8-17/h2-12,18H,13-16H2,1H3,(H,24,26)/t18-/m0/s1. The Kier molecular flexibility index (Phi) is 5.07. The number of hydrogen-bond acceptors (Lipinski definition) is 3. The summed E-state index contributed by atoms with van der Waals surface area (Å²) in [7, 11) is 1.65. The van der Waals surface area contributed by atoms with Crippen molar-refractivity contribution < 1.29 is 9.53 Å². The van der Waals surface area contributed by atoms with Crippen LogP contribution in [0.1, 0.15) is 22.3 Å². The number of hydrogen-bond donors (Lipinski definition) is 1. The predicted molar refractivity (Wildman–Crippen MR) is 108 cm³/mol. The fraction of sp³-hybridized carbons (Fsp3) is 0.261. The summed E-state index contributed by atoms with van der Waals surface area (Å²) in [5.41, 5.74) is 2.01. The molecule has 0 spiro atoms. The van der Waals surface area contributed by atoms with E-state index in [1.807, 2.05) is 42.5 Å². The molecule has 1 atom stereocenters. The minimum absolute atomic E-state index is 0.0135. The molecular formula is C23H24N2O2. The molecule has 1 saturated heterocycles. The molecule has 1 fully saturated rings. The molecule has 1 N–H and O–H groups in total. The van der Waals surface area contributed by atoms with E-state index in [0.29, 0.717) is 5.56 Å². The van der Waals surface area contributed by atoms with Crippen LogP contribution in [0.25, 0.3) is 10.8 Å². The van der Waals surface area contributed by atoms with E-state index in [2.05, 4.69) is 34.5 Å². The van der Waals surface area contributed by atoms with Gasteiger partial charge in [-0.1, -0.05) is 54.6 Å². The quantitative estimate of drug-likeness (QED) is 0.751. The number of carbonyl (C=O) groups excluding carboxylic acids is 1. The number of nitrogens with zero attached hydrogens (tertiary/aromatic N) is 1. The van der Waals surface area contributed by atoms with E-state index in [1.54, 1.807) is 7.11 Å². The molecule has 4 rings (SSSR count). The third-order valence-electron chi connectivity index (χ3n) is 5.21. The number of amides is 1. The molecule has 4 nitrogen and oxygen atoms in total. The summed E-state index contributed by atoms with van der Waals surface area (Å²) in [6.07, 6.45) is 0.979. The van der Waals surface area contributed by atoms with Gasteiger partial charge in [-0.05, 0) is 29.5 Å². The van der Waals surface area contributed by atoms with Gasteiger partial charge in [-0.3, -0.25) is 9.69 Å². The summed E-state index contributed by atoms with van der Waals surface area (Å²) in [5.74, 6) is 0.775. The molecule has 0 radical (unpaired) electrons. The van der Waals surface area contributed by atoms with Crippen LogP contribution in [-0.2, 0) is 6.54 Å². The lowest BCUT2D eigenvalue weighted by molar-refractivity contribution is 0.0939. The summed E-state index contributed by atoms with van der Waals surface area (Å²) in [5, 5.41) is 5.11. The summed E-state index contributed by atoms with van der Waals surface area (Å²) in [6, 6.07) is 22.3. The molecule has 27 heavy (non-hydrogen) atoms. The lowest BCUT2D eigenvalue weighted by Crippen LogP contribution is -2.37. The van der Waals surface area contributed by atoms with Crippen LogP contribution in [-0.4, -0.2) is 37.0 Å². The molecule has 1 aliphatic rings. The van der Waals surface area contributed by atoms with Crippen LogP contribution in [0.4, 0.5) is 0 Å². The monoisotopic (exact) mass is 360 g/mol. The number of benzene rings is 3. The van der Waals surface area contributed by atoms with E-state index in [9.17, 15) is 4.79 Å². The maximum Gasteiger partial charge on any atom is 0.252 e. The van der Waals surface area contributed by atoms with E-state index >= 15 is 0 Å². The number of nitrogens with one attached hydrogen (secondary N) is 1. The lowest BCUT2D eigenvalue weighted by Gasteiger charge is -2.17. The molecule has 1 aliphatic heterocycles. The van der Waals surface area contributed by atoms with Crippen molar-refractivity contribution in [2.75, 3.05) is 20.2 Å². The maximum absolute atomic E-state index is 12.9. The Bertz CT molecular complexity index is 940. The van der Waals surface area contributed by atoms with Gasteiger partial charge in [0.15, 0.2) is 0 Å². The Morgan fingerprint density at radius 3 is 2.56 bits per heavy atom. The third kappa shape index (κ3) is 3.81. The van der Waals surface area contributed by atoms with Gasteiger partial charge in [-0.25, -0.2) is 0 Å². The molecule has 1 heterocycles. The van der Waals surface area contributed by atoms with E-state index < -0.39 is 0 Å². The molecule has 3 aromatic rings. The first kappa shape index (κ1) is 17.6. The van der Waals surface area contributed by atoms with Crippen LogP contribution in [0.15, 0.2) is 66.7 Å². The Morgan fingerprint density at radius 1 is 1.04 bits per heavy atom. The van der Waals surface area contributed by atoms with E-state index in [1.165, 1.54) is 5.56 Å². The Labute approximate surface area is 159 Å². The molecule has 0 bridgehead atoms. The van der Waals surface area contributed by atoms with Gasteiger partial charge in [0.1, 0.15) is 5.75 Å². The smallest absolute Gasteiger partial charge is 0.252 e. The minimum Gasteiger partial charge on any atom is -0.496 e. The topological polar surface area (TPSA) is 41.6 Å². The Balaban J connectivity index is 1.45. The molecule has 0 aliphatic carbocycles. The van der Waals surface area contributed by atoms with Gasteiger partial charge in [0.25, 0.3) is 5.91 Å². The van der Waals surface area contributed by atoms with Crippen LogP contribution in [0.5, 0.6) is 5.75 Å². The number of methoxy groups -OCH3 is 1. The van der Waals surface area contributed by atoms with Gasteiger partial charge < -0.3 is 10.1 Å². The summed E-state index contributed by atoms with van der Waals surface area (Å²) in [4.78, 5) is 15.3. The molecule has 1 amide bonds. The van der Waals surface area contributed by atoms with Crippen LogP contribution in [0.3, 0.4) is 0 Å². The largest absolute Gasteiger partial charge is 0.496 e. The Hall–Kier alpha value is -2.85. The first-order chi connectivity index (χ1) is 13.2. The number of ether oxygens (including phenoxy) is 1.